The van der Waals surface area contributed by atoms with Crippen molar-refractivity contribution < 1.29 is 17.9 Å². The fourth-order valence-electron chi connectivity index (χ4n) is 3.98. The number of aromatic nitrogens is 1. The van der Waals surface area contributed by atoms with Gasteiger partial charge >= 0.3 is 6.03 Å². The molecule has 0 atom stereocenters. The van der Waals surface area contributed by atoms with Gasteiger partial charge in [-0.25, -0.2) is 18.2 Å². The topological polar surface area (TPSA) is 104 Å². The maximum Gasteiger partial charge on any atom is 0.319 e. The zero-order valence-corrected chi connectivity index (χ0v) is 18.8. The molecule has 10 heteroatoms. The molecule has 0 unspecified atom stereocenters. The third-order valence-electron chi connectivity index (χ3n) is 5.66. The lowest BCUT2D eigenvalue weighted by molar-refractivity contribution is 0.0730. The molecule has 2 aliphatic rings. The van der Waals surface area contributed by atoms with Crippen LogP contribution in [0.5, 0.6) is 0 Å². The summed E-state index contributed by atoms with van der Waals surface area (Å²) in [7, 11) is -3.63. The highest BCUT2D eigenvalue weighted by Crippen LogP contribution is 2.22. The van der Waals surface area contributed by atoms with Crippen LogP contribution in [0.25, 0.3) is 0 Å². The van der Waals surface area contributed by atoms with Crippen molar-refractivity contribution in [2.24, 2.45) is 0 Å². The number of carbonyl (C=O) groups excluding carboxylic acids is 1. The molecular formula is C22H29N5O4S. The van der Waals surface area contributed by atoms with Crippen molar-refractivity contribution in [2.75, 3.05) is 49.6 Å². The summed E-state index contributed by atoms with van der Waals surface area (Å²) in [5.41, 5.74) is 1.37. The molecule has 32 heavy (non-hydrogen) atoms. The second kappa shape index (κ2) is 10.3. The van der Waals surface area contributed by atoms with Gasteiger partial charge in [-0.1, -0.05) is 12.1 Å². The second-order valence-electron chi connectivity index (χ2n) is 7.89. The number of nitrogens with zero attached hydrogens (tertiary/aromatic N) is 3. The van der Waals surface area contributed by atoms with Crippen molar-refractivity contribution >= 4 is 27.6 Å². The first-order valence-electron chi connectivity index (χ1n) is 11.0. The number of sulfonamides is 1. The average Bonchev–Trinajstić information content (AvgIpc) is 2.84. The van der Waals surface area contributed by atoms with Gasteiger partial charge in [0.1, 0.15) is 5.82 Å². The molecule has 0 aliphatic carbocycles. The second-order valence-corrected chi connectivity index (χ2v) is 9.82. The van der Waals surface area contributed by atoms with E-state index in [1.165, 1.54) is 22.9 Å². The lowest BCUT2D eigenvalue weighted by Crippen LogP contribution is -2.40. The highest BCUT2D eigenvalue weighted by atomic mass is 32.2. The van der Waals surface area contributed by atoms with E-state index in [-0.39, 0.29) is 4.90 Å². The van der Waals surface area contributed by atoms with E-state index < -0.39 is 16.1 Å². The predicted molar refractivity (Wildman–Crippen MR) is 122 cm³/mol. The molecule has 1 aromatic heterocycles. The number of rotatable bonds is 6. The molecule has 0 bridgehead atoms. The number of morpholine rings is 1. The van der Waals surface area contributed by atoms with Crippen molar-refractivity contribution in [3.63, 3.8) is 0 Å². The molecule has 9 nitrogen and oxygen atoms in total. The normalized spacial score (nSPS) is 17.7. The zero-order chi connectivity index (χ0) is 22.4. The Morgan fingerprint density at radius 2 is 1.81 bits per heavy atom. The number of amides is 2. The molecule has 3 heterocycles. The molecule has 0 spiro atoms. The molecule has 2 aliphatic heterocycles. The summed E-state index contributed by atoms with van der Waals surface area (Å²) in [5, 5.41) is 5.59. The summed E-state index contributed by atoms with van der Waals surface area (Å²) in [5.74, 6) is 0.908. The van der Waals surface area contributed by atoms with Crippen LogP contribution in [-0.4, -0.2) is 63.1 Å². The Hall–Kier alpha value is -2.69. The molecule has 1 aromatic carbocycles. The standard InChI is InChI=1S/C22H29N5O4S/c28-22(24-17-18-6-5-9-23-21(18)26-10-2-1-3-11-26)25-19-7-4-8-20(16-19)32(29,30)27-12-14-31-15-13-27/h4-9,16H,1-3,10-15,17H2,(H2,24,25,28). The Bertz CT molecular complexity index is 1030. The van der Waals surface area contributed by atoms with Gasteiger partial charge in [-0.3, -0.25) is 0 Å². The van der Waals surface area contributed by atoms with E-state index in [1.807, 2.05) is 12.1 Å². The van der Waals surface area contributed by atoms with E-state index in [1.54, 1.807) is 18.3 Å². The highest BCUT2D eigenvalue weighted by Gasteiger charge is 2.26. The first-order chi connectivity index (χ1) is 15.5. The molecule has 2 N–H and O–H groups in total. The van der Waals surface area contributed by atoms with Crippen LogP contribution in [0, 0.1) is 0 Å². The molecule has 2 fully saturated rings. The van der Waals surface area contributed by atoms with Gasteiger partial charge in [0.2, 0.25) is 10.0 Å². The van der Waals surface area contributed by atoms with Gasteiger partial charge < -0.3 is 20.3 Å². The van der Waals surface area contributed by atoms with E-state index in [9.17, 15) is 13.2 Å². The van der Waals surface area contributed by atoms with Gasteiger partial charge in [0.05, 0.1) is 18.1 Å². The molecule has 172 valence electrons. The number of piperidine rings is 1. The summed E-state index contributed by atoms with van der Waals surface area (Å²) < 4.78 is 32.3. The van der Waals surface area contributed by atoms with Gasteiger partial charge in [-0.2, -0.15) is 4.31 Å². The van der Waals surface area contributed by atoms with Crippen LogP contribution in [0.2, 0.25) is 0 Å². The Kier molecular flexibility index (Phi) is 7.23. The third kappa shape index (κ3) is 5.37. The van der Waals surface area contributed by atoms with Crippen LogP contribution >= 0.6 is 0 Å². The van der Waals surface area contributed by atoms with Crippen molar-refractivity contribution in [3.05, 3.63) is 48.2 Å². The summed E-state index contributed by atoms with van der Waals surface area (Å²) in [4.78, 5) is 19.4. The number of urea groups is 1. The quantitative estimate of drug-likeness (QED) is 0.688. The monoisotopic (exact) mass is 459 g/mol. The minimum absolute atomic E-state index is 0.150. The van der Waals surface area contributed by atoms with Crippen molar-refractivity contribution in [2.45, 2.75) is 30.7 Å². The molecule has 2 amide bonds. The first-order valence-corrected chi connectivity index (χ1v) is 12.4. The number of ether oxygens (including phenoxy) is 1. The smallest absolute Gasteiger partial charge is 0.319 e. The number of hydrogen-bond donors (Lipinski definition) is 2. The summed E-state index contributed by atoms with van der Waals surface area (Å²) in [6.07, 6.45) is 5.30. The van der Waals surface area contributed by atoms with E-state index in [2.05, 4.69) is 20.5 Å². The lowest BCUT2D eigenvalue weighted by Gasteiger charge is -2.29. The van der Waals surface area contributed by atoms with Crippen molar-refractivity contribution in [1.29, 1.82) is 0 Å². The Morgan fingerprint density at radius 3 is 2.59 bits per heavy atom. The minimum Gasteiger partial charge on any atom is -0.379 e. The number of pyridine rings is 1. The Morgan fingerprint density at radius 1 is 1.03 bits per heavy atom. The minimum atomic E-state index is -3.63. The van der Waals surface area contributed by atoms with Crippen molar-refractivity contribution in [3.8, 4) is 0 Å². The van der Waals surface area contributed by atoms with Gasteiger partial charge in [0.25, 0.3) is 0 Å². The van der Waals surface area contributed by atoms with Gasteiger partial charge in [-0.05, 0) is 43.5 Å². The number of anilines is 2. The predicted octanol–water partition coefficient (Wildman–Crippen LogP) is 2.41. The van der Waals surface area contributed by atoms with Crippen LogP contribution in [0.15, 0.2) is 47.5 Å². The van der Waals surface area contributed by atoms with Crippen LogP contribution in [0.4, 0.5) is 16.3 Å². The molecule has 2 saturated heterocycles. The lowest BCUT2D eigenvalue weighted by atomic mass is 10.1. The molecule has 0 saturated carbocycles. The fourth-order valence-corrected chi connectivity index (χ4v) is 5.43. The summed E-state index contributed by atoms with van der Waals surface area (Å²) in [6.45, 7) is 3.69. The molecule has 2 aromatic rings. The summed E-state index contributed by atoms with van der Waals surface area (Å²) >= 11 is 0. The molecular weight excluding hydrogens is 430 g/mol. The SMILES string of the molecule is O=C(NCc1cccnc1N1CCCCC1)Nc1cccc(S(=O)(=O)N2CCOCC2)c1. The fraction of sp³-hybridized carbons (Fsp3) is 0.455. The maximum absolute atomic E-state index is 12.9. The van der Waals surface area contributed by atoms with Gasteiger partial charge in [-0.15, -0.1) is 0 Å². The van der Waals surface area contributed by atoms with Gasteiger partial charge in [0.15, 0.2) is 0 Å². The van der Waals surface area contributed by atoms with E-state index in [4.69, 9.17) is 4.74 Å². The zero-order valence-electron chi connectivity index (χ0n) is 18.0. The summed E-state index contributed by atoms with van der Waals surface area (Å²) in [6, 6.07) is 9.73. The van der Waals surface area contributed by atoms with E-state index >= 15 is 0 Å². The van der Waals surface area contributed by atoms with E-state index in [0.29, 0.717) is 38.5 Å². The van der Waals surface area contributed by atoms with E-state index in [0.717, 1.165) is 37.3 Å². The van der Waals surface area contributed by atoms with Crippen LogP contribution in [0.3, 0.4) is 0 Å². The average molecular weight is 460 g/mol. The number of hydrogen-bond acceptors (Lipinski definition) is 6. The highest BCUT2D eigenvalue weighted by molar-refractivity contribution is 7.89. The molecule has 0 radical (unpaired) electrons. The number of nitrogens with one attached hydrogen (secondary N) is 2. The number of benzene rings is 1. The Labute approximate surface area is 188 Å². The van der Waals surface area contributed by atoms with Gasteiger partial charge in [0, 0.05) is 50.2 Å². The van der Waals surface area contributed by atoms with Crippen LogP contribution < -0.4 is 15.5 Å². The third-order valence-corrected chi connectivity index (χ3v) is 7.56. The van der Waals surface area contributed by atoms with Crippen molar-refractivity contribution in [1.82, 2.24) is 14.6 Å². The largest absolute Gasteiger partial charge is 0.379 e. The molecule has 4 rings (SSSR count). The first kappa shape index (κ1) is 22.5. The van der Waals surface area contributed by atoms with Crippen LogP contribution in [-0.2, 0) is 21.3 Å². The Balaban J connectivity index is 1.39. The van der Waals surface area contributed by atoms with Crippen LogP contribution in [0.1, 0.15) is 24.8 Å². The maximum atomic E-state index is 12.9. The number of carbonyl (C=O) groups is 1.